The van der Waals surface area contributed by atoms with Crippen molar-refractivity contribution in [2.75, 3.05) is 20.2 Å². The van der Waals surface area contributed by atoms with Crippen LogP contribution in [0.2, 0.25) is 0 Å². The molecule has 1 heterocycles. The summed E-state index contributed by atoms with van der Waals surface area (Å²) < 4.78 is 5.13. The molecule has 4 heteroatoms. The number of hydrogen-bond acceptors (Lipinski definition) is 3. The molecule has 0 bridgehead atoms. The van der Waals surface area contributed by atoms with E-state index in [0.717, 1.165) is 31.6 Å². The van der Waals surface area contributed by atoms with Crippen molar-refractivity contribution < 1.29 is 9.53 Å². The van der Waals surface area contributed by atoms with E-state index in [2.05, 4.69) is 12.1 Å². The van der Waals surface area contributed by atoms with E-state index in [9.17, 15) is 4.79 Å². The Morgan fingerprint density at radius 3 is 2.78 bits per heavy atom. The largest absolute Gasteiger partial charge is 0.497 e. The number of carbonyl (C=O) groups excluding carboxylic acids is 1. The molecule has 1 aliphatic heterocycles. The minimum Gasteiger partial charge on any atom is -0.497 e. The molecule has 2 N–H and O–H groups in total. The zero-order valence-electron chi connectivity index (χ0n) is 10.8. The Kier molecular flexibility index (Phi) is 4.20. The highest BCUT2D eigenvalue weighted by Crippen LogP contribution is 2.22. The zero-order valence-corrected chi connectivity index (χ0v) is 10.8. The fourth-order valence-electron chi connectivity index (χ4n) is 2.53. The van der Waals surface area contributed by atoms with Crippen LogP contribution < -0.4 is 10.5 Å². The maximum Gasteiger partial charge on any atom is 0.236 e. The van der Waals surface area contributed by atoms with E-state index in [-0.39, 0.29) is 12.5 Å². The first-order valence-electron chi connectivity index (χ1n) is 6.37. The first-order chi connectivity index (χ1) is 8.74. The molecule has 1 amide bonds. The Morgan fingerprint density at radius 2 is 2.17 bits per heavy atom. The molecule has 4 nitrogen and oxygen atoms in total. The standard InChI is InChI=1S/C14H20N2O2/c1-18-13-6-4-11(5-7-13)9-12-3-2-8-16(12)14(17)10-15/h4-7,12H,2-3,8-10,15H2,1H3. The van der Waals surface area contributed by atoms with Crippen LogP contribution in [0, 0.1) is 0 Å². The number of methoxy groups -OCH3 is 1. The first-order valence-corrected chi connectivity index (χ1v) is 6.37. The average Bonchev–Trinajstić information content (AvgIpc) is 2.87. The molecule has 0 radical (unpaired) electrons. The normalized spacial score (nSPS) is 19.0. The summed E-state index contributed by atoms with van der Waals surface area (Å²) in [6.07, 6.45) is 3.04. The monoisotopic (exact) mass is 248 g/mol. The van der Waals surface area contributed by atoms with Gasteiger partial charge in [0, 0.05) is 12.6 Å². The number of nitrogens with two attached hydrogens (primary N) is 1. The first kappa shape index (κ1) is 12.9. The molecular weight excluding hydrogens is 228 g/mol. The summed E-state index contributed by atoms with van der Waals surface area (Å²) in [7, 11) is 1.66. The fraction of sp³-hybridized carbons (Fsp3) is 0.500. The predicted molar refractivity (Wildman–Crippen MR) is 70.5 cm³/mol. The third-order valence-electron chi connectivity index (χ3n) is 3.50. The predicted octanol–water partition coefficient (Wildman–Crippen LogP) is 1.19. The summed E-state index contributed by atoms with van der Waals surface area (Å²) in [5, 5.41) is 0. The van der Waals surface area contributed by atoms with Crippen molar-refractivity contribution in [2.45, 2.75) is 25.3 Å². The van der Waals surface area contributed by atoms with Crippen molar-refractivity contribution in [1.82, 2.24) is 4.90 Å². The smallest absolute Gasteiger partial charge is 0.236 e. The Bertz CT molecular complexity index is 403. The molecule has 0 aromatic heterocycles. The van der Waals surface area contributed by atoms with E-state index < -0.39 is 0 Å². The van der Waals surface area contributed by atoms with Crippen LogP contribution in [0.15, 0.2) is 24.3 Å². The highest BCUT2D eigenvalue weighted by Gasteiger charge is 2.27. The summed E-state index contributed by atoms with van der Waals surface area (Å²) in [6.45, 7) is 0.954. The van der Waals surface area contributed by atoms with Crippen LogP contribution in [0.4, 0.5) is 0 Å². The van der Waals surface area contributed by atoms with Crippen LogP contribution in [-0.2, 0) is 11.2 Å². The van der Waals surface area contributed by atoms with Gasteiger partial charge in [0.1, 0.15) is 5.75 Å². The average molecular weight is 248 g/mol. The van der Waals surface area contributed by atoms with Gasteiger partial charge in [-0.25, -0.2) is 0 Å². The fourth-order valence-corrected chi connectivity index (χ4v) is 2.53. The summed E-state index contributed by atoms with van der Waals surface area (Å²) in [6, 6.07) is 8.33. The number of benzene rings is 1. The lowest BCUT2D eigenvalue weighted by molar-refractivity contribution is -0.130. The molecule has 1 atom stereocenters. The minimum atomic E-state index is 0.0611. The van der Waals surface area contributed by atoms with Crippen molar-refractivity contribution in [3.8, 4) is 5.75 Å². The molecule has 1 unspecified atom stereocenters. The van der Waals surface area contributed by atoms with Gasteiger partial charge in [-0.1, -0.05) is 12.1 Å². The van der Waals surface area contributed by atoms with Crippen molar-refractivity contribution in [3.63, 3.8) is 0 Å². The second-order valence-electron chi connectivity index (χ2n) is 4.64. The van der Waals surface area contributed by atoms with Gasteiger partial charge in [-0.3, -0.25) is 4.79 Å². The van der Waals surface area contributed by atoms with Gasteiger partial charge in [-0.05, 0) is 37.0 Å². The van der Waals surface area contributed by atoms with Gasteiger partial charge < -0.3 is 15.4 Å². The van der Waals surface area contributed by atoms with E-state index in [0.29, 0.717) is 6.04 Å². The molecule has 1 saturated heterocycles. The van der Waals surface area contributed by atoms with E-state index in [1.165, 1.54) is 5.56 Å². The quantitative estimate of drug-likeness (QED) is 0.870. The Balaban J connectivity index is 2.01. The maximum atomic E-state index is 11.7. The van der Waals surface area contributed by atoms with Crippen LogP contribution in [0.1, 0.15) is 18.4 Å². The maximum absolute atomic E-state index is 11.7. The van der Waals surface area contributed by atoms with Crippen molar-refractivity contribution >= 4 is 5.91 Å². The van der Waals surface area contributed by atoms with Crippen LogP contribution in [-0.4, -0.2) is 37.0 Å². The summed E-state index contributed by atoms with van der Waals surface area (Å²) in [4.78, 5) is 13.6. The number of rotatable bonds is 4. The molecule has 1 aromatic carbocycles. The van der Waals surface area contributed by atoms with E-state index >= 15 is 0 Å². The third-order valence-corrected chi connectivity index (χ3v) is 3.50. The molecule has 2 rings (SSSR count). The number of ether oxygens (including phenoxy) is 1. The molecule has 1 aliphatic rings. The minimum absolute atomic E-state index is 0.0611. The van der Waals surface area contributed by atoms with Crippen LogP contribution in [0.25, 0.3) is 0 Å². The highest BCUT2D eigenvalue weighted by molar-refractivity contribution is 5.78. The topological polar surface area (TPSA) is 55.6 Å². The van der Waals surface area contributed by atoms with Crippen molar-refractivity contribution in [1.29, 1.82) is 0 Å². The summed E-state index contributed by atoms with van der Waals surface area (Å²) in [5.74, 6) is 0.922. The Morgan fingerprint density at radius 1 is 1.44 bits per heavy atom. The van der Waals surface area contributed by atoms with Gasteiger partial charge in [-0.2, -0.15) is 0 Å². The lowest BCUT2D eigenvalue weighted by Crippen LogP contribution is -2.40. The van der Waals surface area contributed by atoms with Crippen LogP contribution >= 0.6 is 0 Å². The number of hydrogen-bond donors (Lipinski definition) is 1. The van der Waals surface area contributed by atoms with Crippen molar-refractivity contribution in [3.05, 3.63) is 29.8 Å². The van der Waals surface area contributed by atoms with Gasteiger partial charge in [0.25, 0.3) is 0 Å². The second-order valence-corrected chi connectivity index (χ2v) is 4.64. The van der Waals surface area contributed by atoms with E-state index in [1.807, 2.05) is 17.0 Å². The highest BCUT2D eigenvalue weighted by atomic mass is 16.5. The lowest BCUT2D eigenvalue weighted by Gasteiger charge is -2.24. The number of nitrogens with zero attached hydrogens (tertiary/aromatic N) is 1. The number of amides is 1. The van der Waals surface area contributed by atoms with Gasteiger partial charge in [0.05, 0.1) is 13.7 Å². The van der Waals surface area contributed by atoms with E-state index in [4.69, 9.17) is 10.5 Å². The van der Waals surface area contributed by atoms with Crippen LogP contribution in [0.5, 0.6) is 5.75 Å². The second kappa shape index (κ2) is 5.87. The summed E-state index contributed by atoms with van der Waals surface area (Å²) in [5.41, 5.74) is 6.67. The van der Waals surface area contributed by atoms with Gasteiger partial charge in [0.2, 0.25) is 5.91 Å². The lowest BCUT2D eigenvalue weighted by atomic mass is 10.0. The van der Waals surface area contributed by atoms with Crippen LogP contribution in [0.3, 0.4) is 0 Å². The Hall–Kier alpha value is -1.55. The molecule has 98 valence electrons. The zero-order chi connectivity index (χ0) is 13.0. The van der Waals surface area contributed by atoms with Gasteiger partial charge in [-0.15, -0.1) is 0 Å². The summed E-state index contributed by atoms with van der Waals surface area (Å²) >= 11 is 0. The van der Waals surface area contributed by atoms with E-state index in [1.54, 1.807) is 7.11 Å². The third kappa shape index (κ3) is 2.82. The molecule has 18 heavy (non-hydrogen) atoms. The number of carbonyl (C=O) groups is 1. The molecule has 0 saturated carbocycles. The Labute approximate surface area is 108 Å². The molecular formula is C14H20N2O2. The van der Waals surface area contributed by atoms with Gasteiger partial charge >= 0.3 is 0 Å². The molecule has 1 fully saturated rings. The van der Waals surface area contributed by atoms with Crippen molar-refractivity contribution in [2.24, 2.45) is 5.73 Å². The molecule has 0 aliphatic carbocycles. The van der Waals surface area contributed by atoms with Gasteiger partial charge in [0.15, 0.2) is 0 Å². The molecule has 1 aromatic rings. The number of likely N-dealkylation sites (tertiary alicyclic amines) is 1. The molecule has 0 spiro atoms. The SMILES string of the molecule is COc1ccc(CC2CCCN2C(=O)CN)cc1.